The highest BCUT2D eigenvalue weighted by Gasteiger charge is 2.21. The molecular weight excluding hydrogens is 381 g/mol. The topological polar surface area (TPSA) is 89.8 Å². The summed E-state index contributed by atoms with van der Waals surface area (Å²) < 4.78 is 13.0. The first-order chi connectivity index (χ1) is 13.2. The molecule has 0 atom stereocenters. The van der Waals surface area contributed by atoms with Gasteiger partial charge in [-0.05, 0) is 41.6 Å². The number of nitrogens with zero attached hydrogens (tertiary/aromatic N) is 4. The zero-order chi connectivity index (χ0) is 20.3. The molecule has 28 heavy (non-hydrogen) atoms. The van der Waals surface area contributed by atoms with Crippen molar-refractivity contribution in [3.63, 3.8) is 0 Å². The number of ketones is 1. The van der Waals surface area contributed by atoms with Gasteiger partial charge in [-0.15, -0.1) is 21.5 Å². The van der Waals surface area contributed by atoms with E-state index in [4.69, 9.17) is 0 Å². The molecule has 9 heteroatoms. The molecule has 0 spiro atoms. The highest BCUT2D eigenvalue weighted by Crippen LogP contribution is 2.19. The summed E-state index contributed by atoms with van der Waals surface area (Å²) in [5.41, 5.74) is 0.157. The summed E-state index contributed by atoms with van der Waals surface area (Å²) in [7, 11) is 0. The van der Waals surface area contributed by atoms with Crippen molar-refractivity contribution >= 4 is 23.0 Å². The number of thiophene rings is 1. The van der Waals surface area contributed by atoms with E-state index >= 15 is 0 Å². The molecule has 146 valence electrons. The van der Waals surface area contributed by atoms with E-state index < -0.39 is 5.41 Å². The fourth-order valence-electron chi connectivity index (χ4n) is 2.29. The summed E-state index contributed by atoms with van der Waals surface area (Å²) in [5, 5.41) is 14.8. The molecule has 1 N–H and O–H groups in total. The van der Waals surface area contributed by atoms with Gasteiger partial charge in [-0.3, -0.25) is 9.59 Å². The standard InChI is InChI=1S/C19H20FN5O2S/c1-19(2,3)18(27)21-10-14-8-9-16(28-14)15(26)11-25-23-17(22-24-25)12-4-6-13(20)7-5-12/h4-9H,10-11H2,1-3H3,(H,21,27). The lowest BCUT2D eigenvalue weighted by Crippen LogP contribution is -2.34. The molecule has 7 nitrogen and oxygen atoms in total. The van der Waals surface area contributed by atoms with Crippen LogP contribution < -0.4 is 5.32 Å². The highest BCUT2D eigenvalue weighted by molar-refractivity contribution is 7.14. The molecule has 0 aliphatic heterocycles. The number of aromatic nitrogens is 4. The third-order valence-corrected chi connectivity index (χ3v) is 5.01. The molecule has 2 aromatic heterocycles. The summed E-state index contributed by atoms with van der Waals surface area (Å²) in [4.78, 5) is 27.1. The minimum absolute atomic E-state index is 0.0473. The van der Waals surface area contributed by atoms with Gasteiger partial charge in [0, 0.05) is 15.9 Å². The lowest BCUT2D eigenvalue weighted by molar-refractivity contribution is -0.128. The van der Waals surface area contributed by atoms with Crippen molar-refractivity contribution in [3.05, 3.63) is 52.0 Å². The summed E-state index contributed by atoms with van der Waals surface area (Å²) in [6.07, 6.45) is 0. The number of halogens is 1. The Labute approximate surface area is 165 Å². The molecule has 3 aromatic rings. The Morgan fingerprint density at radius 1 is 1.14 bits per heavy atom. The summed E-state index contributed by atoms with van der Waals surface area (Å²) in [5.74, 6) is -0.224. The van der Waals surface area contributed by atoms with E-state index in [2.05, 4.69) is 20.7 Å². The maximum absolute atomic E-state index is 13.0. The van der Waals surface area contributed by atoms with Crippen molar-refractivity contribution in [1.29, 1.82) is 0 Å². The normalized spacial score (nSPS) is 11.4. The zero-order valence-corrected chi connectivity index (χ0v) is 16.6. The summed E-state index contributed by atoms with van der Waals surface area (Å²) in [6.45, 7) is 5.86. The minimum atomic E-state index is -0.461. The number of carbonyl (C=O) groups is 2. The number of hydrogen-bond acceptors (Lipinski definition) is 6. The number of benzene rings is 1. The quantitative estimate of drug-likeness (QED) is 0.641. The Morgan fingerprint density at radius 3 is 2.54 bits per heavy atom. The van der Waals surface area contributed by atoms with Crippen LogP contribution in [0.5, 0.6) is 0 Å². The Hall–Kier alpha value is -2.94. The van der Waals surface area contributed by atoms with E-state index in [0.717, 1.165) is 4.88 Å². The maximum atomic E-state index is 13.0. The Balaban J connectivity index is 1.60. The van der Waals surface area contributed by atoms with Gasteiger partial charge >= 0.3 is 0 Å². The first kappa shape index (κ1) is 19.8. The van der Waals surface area contributed by atoms with Gasteiger partial charge in [0.05, 0.1) is 11.4 Å². The zero-order valence-electron chi connectivity index (χ0n) is 15.8. The van der Waals surface area contributed by atoms with Crippen molar-refractivity contribution in [3.8, 4) is 11.4 Å². The molecule has 2 heterocycles. The van der Waals surface area contributed by atoms with Gasteiger partial charge in [-0.25, -0.2) is 4.39 Å². The van der Waals surface area contributed by atoms with Crippen LogP contribution in [-0.2, 0) is 17.9 Å². The van der Waals surface area contributed by atoms with Gasteiger partial charge in [0.25, 0.3) is 0 Å². The number of hydrogen-bond donors (Lipinski definition) is 1. The predicted molar refractivity (Wildman–Crippen MR) is 103 cm³/mol. The third-order valence-electron chi connectivity index (χ3n) is 3.88. The lowest BCUT2D eigenvalue weighted by Gasteiger charge is -2.17. The van der Waals surface area contributed by atoms with Crippen molar-refractivity contribution in [2.75, 3.05) is 0 Å². The van der Waals surface area contributed by atoms with Crippen molar-refractivity contribution in [2.45, 2.75) is 33.9 Å². The Morgan fingerprint density at radius 2 is 1.86 bits per heavy atom. The molecule has 0 unspecified atom stereocenters. The molecule has 0 aliphatic rings. The Bertz CT molecular complexity index is 988. The first-order valence-electron chi connectivity index (χ1n) is 8.66. The van der Waals surface area contributed by atoms with Gasteiger partial charge < -0.3 is 5.32 Å². The van der Waals surface area contributed by atoms with Crippen LogP contribution in [-0.4, -0.2) is 31.9 Å². The molecule has 0 saturated heterocycles. The number of tetrazole rings is 1. The third kappa shape index (κ3) is 4.86. The second kappa shape index (κ2) is 7.97. The highest BCUT2D eigenvalue weighted by atomic mass is 32.1. The summed E-state index contributed by atoms with van der Waals surface area (Å²) >= 11 is 1.32. The van der Waals surface area contributed by atoms with E-state index in [1.165, 1.54) is 28.3 Å². The van der Waals surface area contributed by atoms with Crippen molar-refractivity contribution in [1.82, 2.24) is 25.5 Å². The van der Waals surface area contributed by atoms with Crippen LogP contribution in [0.1, 0.15) is 35.3 Å². The number of rotatable bonds is 6. The Kier molecular flexibility index (Phi) is 5.64. The molecule has 0 saturated carbocycles. The lowest BCUT2D eigenvalue weighted by atomic mass is 9.96. The van der Waals surface area contributed by atoms with E-state index in [1.807, 2.05) is 26.8 Å². The number of carbonyl (C=O) groups excluding carboxylic acids is 2. The monoisotopic (exact) mass is 401 g/mol. The molecule has 3 rings (SSSR count). The SMILES string of the molecule is CC(C)(C)C(=O)NCc1ccc(C(=O)Cn2nnc(-c3ccc(F)cc3)n2)s1. The van der Waals surface area contributed by atoms with Gasteiger partial charge in [0.2, 0.25) is 11.7 Å². The van der Waals surface area contributed by atoms with Gasteiger partial charge in [-0.2, -0.15) is 4.80 Å². The molecule has 0 aliphatic carbocycles. The maximum Gasteiger partial charge on any atom is 0.225 e. The van der Waals surface area contributed by atoms with Gasteiger partial charge in [0.1, 0.15) is 12.4 Å². The molecule has 1 aromatic carbocycles. The average Bonchev–Trinajstić information content (AvgIpc) is 3.29. The van der Waals surface area contributed by atoms with Crippen molar-refractivity contribution < 1.29 is 14.0 Å². The van der Waals surface area contributed by atoms with Crippen LogP contribution in [0.4, 0.5) is 4.39 Å². The fraction of sp³-hybridized carbons (Fsp3) is 0.316. The predicted octanol–water partition coefficient (Wildman–Crippen LogP) is 3.09. The second-order valence-electron chi connectivity index (χ2n) is 7.27. The number of Topliss-reactive ketones (excluding diaryl/α,β-unsaturated/α-hetero) is 1. The first-order valence-corrected chi connectivity index (χ1v) is 9.48. The largest absolute Gasteiger partial charge is 0.351 e. The number of nitrogens with one attached hydrogen (secondary N) is 1. The molecule has 0 bridgehead atoms. The van der Waals surface area contributed by atoms with Gasteiger partial charge in [-0.1, -0.05) is 20.8 Å². The van der Waals surface area contributed by atoms with Crippen LogP contribution in [0.25, 0.3) is 11.4 Å². The van der Waals surface area contributed by atoms with E-state index in [-0.39, 0.29) is 24.1 Å². The van der Waals surface area contributed by atoms with Crippen LogP contribution in [0.2, 0.25) is 0 Å². The minimum Gasteiger partial charge on any atom is -0.351 e. The molecule has 1 amide bonds. The van der Waals surface area contributed by atoms with Crippen molar-refractivity contribution in [2.24, 2.45) is 5.41 Å². The second-order valence-corrected chi connectivity index (χ2v) is 8.44. The van der Waals surface area contributed by atoms with E-state index in [0.29, 0.717) is 22.8 Å². The van der Waals surface area contributed by atoms with Crippen LogP contribution in [0.15, 0.2) is 36.4 Å². The molecule has 0 fully saturated rings. The van der Waals surface area contributed by atoms with E-state index in [1.54, 1.807) is 18.2 Å². The fourth-order valence-corrected chi connectivity index (χ4v) is 3.16. The molecular formula is C19H20FN5O2S. The van der Waals surface area contributed by atoms with Crippen LogP contribution in [0, 0.1) is 11.2 Å². The summed E-state index contributed by atoms with van der Waals surface area (Å²) in [6, 6.07) is 9.27. The van der Waals surface area contributed by atoms with E-state index in [9.17, 15) is 14.0 Å². The van der Waals surface area contributed by atoms with Crippen LogP contribution >= 0.6 is 11.3 Å². The number of amides is 1. The molecule has 0 radical (unpaired) electrons. The van der Waals surface area contributed by atoms with Crippen LogP contribution in [0.3, 0.4) is 0 Å². The van der Waals surface area contributed by atoms with Gasteiger partial charge in [0.15, 0.2) is 5.78 Å². The average molecular weight is 401 g/mol. The smallest absolute Gasteiger partial charge is 0.225 e.